The Bertz CT molecular complexity index is 718. The highest BCUT2D eigenvalue weighted by atomic mass is 32.1. The van der Waals surface area contributed by atoms with Gasteiger partial charge in [-0.1, -0.05) is 6.92 Å². The van der Waals surface area contributed by atoms with Gasteiger partial charge in [-0.2, -0.15) is 5.10 Å². The lowest BCUT2D eigenvalue weighted by atomic mass is 10.0. The lowest BCUT2D eigenvalue weighted by Crippen LogP contribution is -2.29. The maximum absolute atomic E-state index is 12.4. The molecule has 0 atom stereocenters. The first-order valence-electron chi connectivity index (χ1n) is 7.27. The fraction of sp³-hybridized carbons (Fsp3) is 0.533. The van der Waals surface area contributed by atoms with Gasteiger partial charge in [-0.05, 0) is 44.1 Å². The number of nitrogens with two attached hydrogens (primary N) is 1. The Morgan fingerprint density at radius 3 is 2.71 bits per heavy atom. The molecule has 112 valence electrons. The summed E-state index contributed by atoms with van der Waals surface area (Å²) in [6, 6.07) is 0. The zero-order valence-electron chi connectivity index (χ0n) is 12.6. The highest BCUT2D eigenvalue weighted by Crippen LogP contribution is 2.48. The molecule has 0 aromatic carbocycles. The molecule has 1 saturated carbocycles. The number of amides is 1. The molecule has 5 nitrogen and oxygen atoms in total. The van der Waals surface area contributed by atoms with E-state index in [0.29, 0.717) is 16.0 Å². The second kappa shape index (κ2) is 4.94. The van der Waals surface area contributed by atoms with Crippen LogP contribution in [0.2, 0.25) is 0 Å². The standard InChI is InChI=1S/C15H20N4OS/c1-4-15(5-6-15)7-17-13(20)12-11(16)10-8(2)9(3)18-19-14(10)21-12/h4-7,16H2,1-3H3,(H,17,20). The van der Waals surface area contributed by atoms with E-state index in [9.17, 15) is 4.79 Å². The number of rotatable bonds is 4. The number of carbonyl (C=O) groups excluding carboxylic acids is 1. The van der Waals surface area contributed by atoms with Crippen molar-refractivity contribution in [2.75, 3.05) is 12.3 Å². The van der Waals surface area contributed by atoms with Gasteiger partial charge in [-0.3, -0.25) is 4.79 Å². The van der Waals surface area contributed by atoms with Crippen molar-refractivity contribution < 1.29 is 4.79 Å². The Labute approximate surface area is 127 Å². The Morgan fingerprint density at radius 1 is 1.38 bits per heavy atom. The summed E-state index contributed by atoms with van der Waals surface area (Å²) in [4.78, 5) is 13.7. The maximum atomic E-state index is 12.4. The summed E-state index contributed by atoms with van der Waals surface area (Å²) in [6.07, 6.45) is 3.52. The van der Waals surface area contributed by atoms with Crippen LogP contribution in [0.3, 0.4) is 0 Å². The minimum Gasteiger partial charge on any atom is -0.397 e. The van der Waals surface area contributed by atoms with Gasteiger partial charge in [0.25, 0.3) is 5.91 Å². The second-order valence-corrected chi connectivity index (χ2v) is 6.97. The van der Waals surface area contributed by atoms with Gasteiger partial charge in [-0.15, -0.1) is 16.4 Å². The first-order chi connectivity index (χ1) is 9.97. The Morgan fingerprint density at radius 2 is 2.10 bits per heavy atom. The van der Waals surface area contributed by atoms with Crippen LogP contribution in [0.15, 0.2) is 0 Å². The normalized spacial score (nSPS) is 16.1. The zero-order valence-corrected chi connectivity index (χ0v) is 13.4. The van der Waals surface area contributed by atoms with Gasteiger partial charge in [0.05, 0.1) is 11.4 Å². The smallest absolute Gasteiger partial charge is 0.263 e. The van der Waals surface area contributed by atoms with E-state index in [1.807, 2.05) is 13.8 Å². The molecule has 1 aliphatic rings. The van der Waals surface area contributed by atoms with E-state index >= 15 is 0 Å². The predicted molar refractivity (Wildman–Crippen MR) is 85.6 cm³/mol. The summed E-state index contributed by atoms with van der Waals surface area (Å²) < 4.78 is 0. The number of fused-ring (bicyclic) bond motifs is 1. The number of nitrogens with one attached hydrogen (secondary N) is 1. The van der Waals surface area contributed by atoms with Crippen LogP contribution in [0.4, 0.5) is 5.69 Å². The summed E-state index contributed by atoms with van der Waals surface area (Å²) in [5.41, 5.74) is 8.89. The van der Waals surface area contributed by atoms with Crippen LogP contribution >= 0.6 is 11.3 Å². The number of anilines is 1. The molecular formula is C15H20N4OS. The molecule has 0 spiro atoms. The largest absolute Gasteiger partial charge is 0.397 e. The summed E-state index contributed by atoms with van der Waals surface area (Å²) in [5.74, 6) is -0.0905. The molecular weight excluding hydrogens is 284 g/mol. The van der Waals surface area contributed by atoms with Crippen molar-refractivity contribution in [3.63, 3.8) is 0 Å². The van der Waals surface area contributed by atoms with E-state index in [0.717, 1.165) is 34.4 Å². The van der Waals surface area contributed by atoms with Crippen LogP contribution in [-0.4, -0.2) is 22.6 Å². The van der Waals surface area contributed by atoms with Gasteiger partial charge in [0.15, 0.2) is 0 Å². The van der Waals surface area contributed by atoms with Crippen molar-refractivity contribution >= 4 is 33.1 Å². The van der Waals surface area contributed by atoms with Gasteiger partial charge in [-0.25, -0.2) is 0 Å². The van der Waals surface area contributed by atoms with Crippen molar-refractivity contribution in [3.05, 3.63) is 16.1 Å². The number of hydrogen-bond donors (Lipinski definition) is 2. The van der Waals surface area contributed by atoms with Crippen LogP contribution in [0.25, 0.3) is 10.2 Å². The average molecular weight is 304 g/mol. The van der Waals surface area contributed by atoms with Crippen molar-refractivity contribution in [3.8, 4) is 0 Å². The highest BCUT2D eigenvalue weighted by Gasteiger charge is 2.40. The Hall–Kier alpha value is -1.69. The van der Waals surface area contributed by atoms with Crippen LogP contribution in [0.5, 0.6) is 0 Å². The number of aromatic nitrogens is 2. The van der Waals surface area contributed by atoms with Crippen LogP contribution in [0.1, 0.15) is 47.1 Å². The maximum Gasteiger partial charge on any atom is 0.263 e. The van der Waals surface area contributed by atoms with E-state index < -0.39 is 0 Å². The third-order valence-electron chi connectivity index (χ3n) is 4.67. The molecule has 2 aromatic heterocycles. The number of nitrogens with zero attached hydrogens (tertiary/aromatic N) is 2. The summed E-state index contributed by atoms with van der Waals surface area (Å²) >= 11 is 1.32. The highest BCUT2D eigenvalue weighted by molar-refractivity contribution is 7.21. The molecule has 6 heteroatoms. The van der Waals surface area contributed by atoms with Gasteiger partial charge in [0.1, 0.15) is 9.71 Å². The zero-order chi connectivity index (χ0) is 15.2. The van der Waals surface area contributed by atoms with Crippen molar-refractivity contribution in [1.29, 1.82) is 0 Å². The molecule has 3 rings (SSSR count). The van der Waals surface area contributed by atoms with Crippen LogP contribution in [0, 0.1) is 19.3 Å². The van der Waals surface area contributed by atoms with Gasteiger partial charge in [0.2, 0.25) is 0 Å². The molecule has 0 bridgehead atoms. The van der Waals surface area contributed by atoms with E-state index in [-0.39, 0.29) is 5.91 Å². The minimum atomic E-state index is -0.0905. The lowest BCUT2D eigenvalue weighted by molar-refractivity contribution is 0.0949. The third kappa shape index (κ3) is 2.37. The lowest BCUT2D eigenvalue weighted by Gasteiger charge is -2.12. The predicted octanol–water partition coefficient (Wildman–Crippen LogP) is 2.81. The molecule has 3 N–H and O–H groups in total. The van der Waals surface area contributed by atoms with E-state index in [1.54, 1.807) is 0 Å². The Balaban J connectivity index is 1.88. The summed E-state index contributed by atoms with van der Waals surface area (Å²) in [6.45, 7) is 6.78. The molecule has 2 aromatic rings. The number of thiophene rings is 1. The molecule has 0 saturated heterocycles. The monoisotopic (exact) mass is 304 g/mol. The first-order valence-corrected chi connectivity index (χ1v) is 8.09. The van der Waals surface area contributed by atoms with Crippen LogP contribution in [-0.2, 0) is 0 Å². The Kier molecular flexibility index (Phi) is 3.36. The third-order valence-corrected chi connectivity index (χ3v) is 5.76. The van der Waals surface area contributed by atoms with Gasteiger partial charge >= 0.3 is 0 Å². The summed E-state index contributed by atoms with van der Waals surface area (Å²) in [7, 11) is 0. The fourth-order valence-electron chi connectivity index (χ4n) is 2.59. The molecule has 0 radical (unpaired) electrons. The van der Waals surface area contributed by atoms with E-state index in [1.165, 1.54) is 24.2 Å². The quantitative estimate of drug-likeness (QED) is 0.910. The topological polar surface area (TPSA) is 80.9 Å². The second-order valence-electron chi connectivity index (χ2n) is 5.97. The van der Waals surface area contributed by atoms with Crippen molar-refractivity contribution in [1.82, 2.24) is 15.5 Å². The average Bonchev–Trinajstić information content (AvgIpc) is 3.18. The number of hydrogen-bond acceptors (Lipinski definition) is 5. The minimum absolute atomic E-state index is 0.0905. The number of carbonyl (C=O) groups is 1. The van der Waals surface area contributed by atoms with Crippen LogP contribution < -0.4 is 11.1 Å². The SMILES string of the molecule is CCC1(CNC(=O)c2sc3nnc(C)c(C)c3c2N)CC1. The van der Waals surface area contributed by atoms with Gasteiger partial charge in [0, 0.05) is 11.9 Å². The molecule has 1 aliphatic carbocycles. The molecule has 0 aliphatic heterocycles. The first kappa shape index (κ1) is 14.3. The summed E-state index contributed by atoms with van der Waals surface area (Å²) in [5, 5.41) is 12.2. The van der Waals surface area contributed by atoms with Crippen molar-refractivity contribution in [2.45, 2.75) is 40.0 Å². The van der Waals surface area contributed by atoms with Gasteiger partial charge < -0.3 is 11.1 Å². The molecule has 2 heterocycles. The molecule has 0 unspecified atom stereocenters. The fourth-order valence-corrected chi connectivity index (χ4v) is 3.61. The molecule has 21 heavy (non-hydrogen) atoms. The van der Waals surface area contributed by atoms with Crippen molar-refractivity contribution in [2.24, 2.45) is 5.41 Å². The molecule has 1 amide bonds. The molecule has 1 fully saturated rings. The number of aryl methyl sites for hydroxylation is 2. The number of nitrogen functional groups attached to an aromatic ring is 1. The van der Waals surface area contributed by atoms with E-state index in [4.69, 9.17) is 5.73 Å². The van der Waals surface area contributed by atoms with E-state index in [2.05, 4.69) is 22.4 Å².